The molecule has 0 aliphatic carbocycles. The third-order valence-corrected chi connectivity index (χ3v) is 7.08. The van der Waals surface area contributed by atoms with E-state index in [2.05, 4.69) is 0 Å². The van der Waals surface area contributed by atoms with Gasteiger partial charge in [-0.25, -0.2) is 13.2 Å². The van der Waals surface area contributed by atoms with Crippen LogP contribution in [0.1, 0.15) is 33.2 Å². The molecule has 0 amide bonds. The Labute approximate surface area is 192 Å². The van der Waals surface area contributed by atoms with Crippen molar-refractivity contribution in [3.63, 3.8) is 0 Å². The lowest BCUT2D eigenvalue weighted by Crippen LogP contribution is -2.31. The first-order chi connectivity index (χ1) is 15.2. The van der Waals surface area contributed by atoms with Gasteiger partial charge in [0.05, 0.1) is 16.1 Å². The molecule has 8 heteroatoms. The van der Waals surface area contributed by atoms with Crippen LogP contribution in [0.25, 0.3) is 0 Å². The maximum absolute atomic E-state index is 13.3. The molecule has 32 heavy (non-hydrogen) atoms. The third kappa shape index (κ3) is 5.18. The second-order valence-electron chi connectivity index (χ2n) is 7.00. The monoisotopic (exact) mass is 471 g/mol. The molecule has 0 atom stereocenters. The van der Waals surface area contributed by atoms with E-state index in [9.17, 15) is 18.0 Å². The Balaban J connectivity index is 1.83. The molecule has 0 spiro atoms. The van der Waals surface area contributed by atoms with Gasteiger partial charge in [-0.15, -0.1) is 0 Å². The zero-order valence-corrected chi connectivity index (χ0v) is 19.2. The van der Waals surface area contributed by atoms with Crippen LogP contribution >= 0.6 is 11.6 Å². The molecule has 0 aliphatic heterocycles. The Kier molecular flexibility index (Phi) is 7.33. The summed E-state index contributed by atoms with van der Waals surface area (Å²) in [6.45, 7) is 3.12. The highest BCUT2D eigenvalue weighted by Crippen LogP contribution is 2.26. The molecule has 0 saturated heterocycles. The molecular formula is C24H22ClNO5S. The SMILES string of the molecule is CCN(c1ccccc1)S(=O)(=O)c1cc(C(=O)OCC(=O)c2cccc(Cl)c2)ccc1C. The molecule has 0 bridgehead atoms. The van der Waals surface area contributed by atoms with Gasteiger partial charge in [0.25, 0.3) is 10.0 Å². The van der Waals surface area contributed by atoms with Crippen LogP contribution in [0.3, 0.4) is 0 Å². The van der Waals surface area contributed by atoms with Gasteiger partial charge in [0.1, 0.15) is 0 Å². The predicted octanol–water partition coefficient (Wildman–Crippen LogP) is 4.90. The molecule has 0 aliphatic rings. The number of ether oxygens (including phenoxy) is 1. The molecule has 166 valence electrons. The number of ketones is 1. The molecule has 0 aromatic heterocycles. The van der Waals surface area contributed by atoms with Crippen molar-refractivity contribution >= 4 is 39.1 Å². The first-order valence-electron chi connectivity index (χ1n) is 9.88. The van der Waals surface area contributed by atoms with Gasteiger partial charge in [0, 0.05) is 17.1 Å². The van der Waals surface area contributed by atoms with Crippen LogP contribution in [-0.2, 0) is 14.8 Å². The van der Waals surface area contributed by atoms with E-state index in [0.29, 0.717) is 21.8 Å². The molecule has 6 nitrogen and oxygen atoms in total. The quantitative estimate of drug-likeness (QED) is 0.344. The van der Waals surface area contributed by atoms with Crippen LogP contribution in [-0.4, -0.2) is 33.3 Å². The second kappa shape index (κ2) is 9.97. The Hall–Kier alpha value is -3.16. The Bertz CT molecular complexity index is 1240. The number of carbonyl (C=O) groups excluding carboxylic acids is 2. The fourth-order valence-corrected chi connectivity index (χ4v) is 5.09. The number of para-hydroxylation sites is 1. The van der Waals surface area contributed by atoms with Gasteiger partial charge < -0.3 is 4.74 Å². The van der Waals surface area contributed by atoms with E-state index in [0.717, 1.165) is 0 Å². The molecular weight excluding hydrogens is 450 g/mol. The van der Waals surface area contributed by atoms with Gasteiger partial charge in [-0.3, -0.25) is 9.10 Å². The summed E-state index contributed by atoms with van der Waals surface area (Å²) in [6.07, 6.45) is 0. The minimum Gasteiger partial charge on any atom is -0.454 e. The van der Waals surface area contributed by atoms with Crippen molar-refractivity contribution < 1.29 is 22.7 Å². The molecule has 3 rings (SSSR count). The average Bonchev–Trinajstić information content (AvgIpc) is 2.78. The van der Waals surface area contributed by atoms with Gasteiger partial charge in [-0.05, 0) is 55.8 Å². The molecule has 0 fully saturated rings. The molecule has 3 aromatic carbocycles. The first kappa shape index (κ1) is 23.5. The summed E-state index contributed by atoms with van der Waals surface area (Å²) in [6, 6.07) is 19.3. The topological polar surface area (TPSA) is 80.8 Å². The van der Waals surface area contributed by atoms with E-state index < -0.39 is 28.4 Å². The summed E-state index contributed by atoms with van der Waals surface area (Å²) in [5.74, 6) is -1.21. The van der Waals surface area contributed by atoms with Crippen molar-refractivity contribution in [2.45, 2.75) is 18.7 Å². The molecule has 0 heterocycles. The average molecular weight is 472 g/mol. The van der Waals surface area contributed by atoms with Gasteiger partial charge >= 0.3 is 5.97 Å². The standard InChI is InChI=1S/C24H22ClNO5S/c1-3-26(21-10-5-4-6-11-21)32(29,30)23-15-19(13-12-17(23)2)24(28)31-16-22(27)18-8-7-9-20(25)14-18/h4-15H,3,16H2,1-2H3. The zero-order chi connectivity index (χ0) is 23.3. The van der Waals surface area contributed by atoms with E-state index >= 15 is 0 Å². The molecule has 0 unspecified atom stereocenters. The highest BCUT2D eigenvalue weighted by atomic mass is 35.5. The van der Waals surface area contributed by atoms with Crippen molar-refractivity contribution in [1.82, 2.24) is 0 Å². The lowest BCUT2D eigenvalue weighted by atomic mass is 10.1. The molecule has 3 aromatic rings. The van der Waals surface area contributed by atoms with E-state index in [1.807, 2.05) is 0 Å². The predicted molar refractivity (Wildman–Crippen MR) is 124 cm³/mol. The lowest BCUT2D eigenvalue weighted by molar-refractivity contribution is 0.0474. The van der Waals surface area contributed by atoms with Crippen molar-refractivity contribution in [2.75, 3.05) is 17.5 Å². The largest absolute Gasteiger partial charge is 0.454 e. The van der Waals surface area contributed by atoms with E-state index in [-0.39, 0.29) is 17.0 Å². The van der Waals surface area contributed by atoms with Gasteiger partial charge in [0.2, 0.25) is 0 Å². The van der Waals surface area contributed by atoms with Gasteiger partial charge in [0.15, 0.2) is 12.4 Å². The minimum atomic E-state index is -3.93. The van der Waals surface area contributed by atoms with Crippen LogP contribution in [0, 0.1) is 6.92 Å². The van der Waals surface area contributed by atoms with Gasteiger partial charge in [-0.1, -0.05) is 48.0 Å². The number of nitrogens with zero attached hydrogens (tertiary/aromatic N) is 1. The number of Topliss-reactive ketones (excluding diaryl/α,β-unsaturated/α-hetero) is 1. The first-order valence-corrected chi connectivity index (χ1v) is 11.7. The number of esters is 1. The van der Waals surface area contributed by atoms with Crippen molar-refractivity contribution in [1.29, 1.82) is 0 Å². The van der Waals surface area contributed by atoms with Crippen molar-refractivity contribution in [2.24, 2.45) is 0 Å². The number of hydrogen-bond donors (Lipinski definition) is 0. The van der Waals surface area contributed by atoms with Crippen LogP contribution in [0.5, 0.6) is 0 Å². The normalized spacial score (nSPS) is 11.1. The zero-order valence-electron chi connectivity index (χ0n) is 17.6. The number of sulfonamides is 1. The smallest absolute Gasteiger partial charge is 0.338 e. The lowest BCUT2D eigenvalue weighted by Gasteiger charge is -2.24. The highest BCUT2D eigenvalue weighted by Gasteiger charge is 2.26. The van der Waals surface area contributed by atoms with E-state index in [1.165, 1.54) is 22.5 Å². The van der Waals surface area contributed by atoms with Gasteiger partial charge in [-0.2, -0.15) is 0 Å². The van der Waals surface area contributed by atoms with E-state index in [1.54, 1.807) is 68.4 Å². The van der Waals surface area contributed by atoms with Crippen LogP contribution < -0.4 is 4.31 Å². The van der Waals surface area contributed by atoms with Crippen molar-refractivity contribution in [3.8, 4) is 0 Å². The summed E-state index contributed by atoms with van der Waals surface area (Å²) in [4.78, 5) is 24.8. The Morgan fingerprint density at radius 3 is 2.31 bits per heavy atom. The molecule has 0 saturated carbocycles. The third-order valence-electron chi connectivity index (χ3n) is 4.80. The van der Waals surface area contributed by atoms with Crippen LogP contribution in [0.15, 0.2) is 77.7 Å². The maximum Gasteiger partial charge on any atom is 0.338 e. The molecule has 0 N–H and O–H groups in total. The number of halogens is 1. The van der Waals surface area contributed by atoms with Crippen molar-refractivity contribution in [3.05, 3.63) is 94.5 Å². The minimum absolute atomic E-state index is 0.00109. The van der Waals surface area contributed by atoms with Crippen LogP contribution in [0.2, 0.25) is 5.02 Å². The summed E-state index contributed by atoms with van der Waals surface area (Å²) in [5.41, 5.74) is 1.37. The number of benzene rings is 3. The number of rotatable bonds is 8. The number of carbonyl (C=O) groups is 2. The van der Waals surface area contributed by atoms with Crippen LogP contribution in [0.4, 0.5) is 5.69 Å². The van der Waals surface area contributed by atoms with E-state index in [4.69, 9.17) is 16.3 Å². The molecule has 0 radical (unpaired) electrons. The number of aryl methyl sites for hydroxylation is 1. The summed E-state index contributed by atoms with van der Waals surface area (Å²) in [7, 11) is -3.93. The summed E-state index contributed by atoms with van der Waals surface area (Å²) < 4.78 is 33.1. The Morgan fingerprint density at radius 2 is 1.66 bits per heavy atom. The second-order valence-corrected chi connectivity index (χ2v) is 9.26. The number of anilines is 1. The fourth-order valence-electron chi connectivity index (χ4n) is 3.17. The summed E-state index contributed by atoms with van der Waals surface area (Å²) >= 11 is 5.88. The maximum atomic E-state index is 13.3. The Morgan fingerprint density at radius 1 is 0.938 bits per heavy atom. The fraction of sp³-hybridized carbons (Fsp3) is 0.167. The highest BCUT2D eigenvalue weighted by molar-refractivity contribution is 7.92. The number of hydrogen-bond acceptors (Lipinski definition) is 5. The summed E-state index contributed by atoms with van der Waals surface area (Å²) in [5, 5.41) is 0.398.